The van der Waals surface area contributed by atoms with Crippen molar-refractivity contribution in [3.8, 4) is 0 Å². The quantitative estimate of drug-likeness (QED) is 0.0344. The van der Waals surface area contributed by atoms with Crippen molar-refractivity contribution >= 4 is 69.8 Å². The van der Waals surface area contributed by atoms with Gasteiger partial charge in [0.2, 0.25) is 11.8 Å². The standard InChI is InChI=1S/2C20H41NO4S.Ca/c2*1-3-4-5-6-7-8-9-10-11-12-13-14-15-17-20(22)21(2)18-16-19-26(23,24)25;/h2*3-19H2,1-2H3,(H,23,24,25);/q;;+2/p-2. The Hall–Kier alpha value is 0.0197. The van der Waals surface area contributed by atoms with E-state index in [0.717, 1.165) is 25.7 Å². The minimum Gasteiger partial charge on any atom is -0.748 e. The molecule has 0 atom stereocenters. The van der Waals surface area contributed by atoms with E-state index in [1.807, 2.05) is 0 Å². The van der Waals surface area contributed by atoms with Gasteiger partial charge < -0.3 is 18.9 Å². The van der Waals surface area contributed by atoms with Gasteiger partial charge in [-0.1, -0.05) is 168 Å². The summed E-state index contributed by atoms with van der Waals surface area (Å²) in [6.07, 6.45) is 34.7. The summed E-state index contributed by atoms with van der Waals surface area (Å²) in [6, 6.07) is 0. The summed E-state index contributed by atoms with van der Waals surface area (Å²) in [7, 11) is -5.01. The smallest absolute Gasteiger partial charge is 0.748 e. The Morgan fingerprint density at radius 2 is 0.604 bits per heavy atom. The molecule has 0 fully saturated rings. The van der Waals surface area contributed by atoms with Crippen LogP contribution >= 0.6 is 0 Å². The third kappa shape index (κ3) is 48.1. The van der Waals surface area contributed by atoms with Crippen LogP contribution in [0.3, 0.4) is 0 Å². The van der Waals surface area contributed by atoms with E-state index in [4.69, 9.17) is 0 Å². The van der Waals surface area contributed by atoms with Crippen LogP contribution in [0.25, 0.3) is 0 Å². The molecular weight excluding hydrogens is 741 g/mol. The van der Waals surface area contributed by atoms with Crippen molar-refractivity contribution in [1.82, 2.24) is 9.80 Å². The van der Waals surface area contributed by atoms with E-state index in [2.05, 4.69) is 13.8 Å². The maximum Gasteiger partial charge on any atom is 2.00 e. The Bertz CT molecular complexity index is 963. The normalized spacial score (nSPS) is 11.4. The molecule has 0 aromatic rings. The van der Waals surface area contributed by atoms with E-state index in [0.29, 0.717) is 25.9 Å². The van der Waals surface area contributed by atoms with Gasteiger partial charge in [0.05, 0.1) is 20.2 Å². The molecule has 0 aliphatic heterocycles. The predicted octanol–water partition coefficient (Wildman–Crippen LogP) is 9.34. The molecule has 0 rings (SSSR count). The summed E-state index contributed by atoms with van der Waals surface area (Å²) < 4.78 is 63.2. The first-order chi connectivity index (χ1) is 24.7. The van der Waals surface area contributed by atoms with Crippen molar-refractivity contribution in [2.45, 2.75) is 206 Å². The van der Waals surface area contributed by atoms with Gasteiger partial charge >= 0.3 is 37.7 Å². The number of carbonyl (C=O) groups excluding carboxylic acids is 2. The third-order valence-corrected chi connectivity index (χ3v) is 11.2. The van der Waals surface area contributed by atoms with Crippen LogP contribution in [0.5, 0.6) is 0 Å². The first kappa shape index (κ1) is 57.3. The molecule has 0 aliphatic carbocycles. The van der Waals surface area contributed by atoms with Crippen LogP contribution < -0.4 is 0 Å². The van der Waals surface area contributed by atoms with Crippen molar-refractivity contribution in [3.05, 3.63) is 0 Å². The van der Waals surface area contributed by atoms with Crippen LogP contribution in [-0.4, -0.2) is 124 Å². The minimum absolute atomic E-state index is 0. The summed E-state index contributed by atoms with van der Waals surface area (Å²) in [5.74, 6) is -0.722. The molecule has 0 saturated carbocycles. The van der Waals surface area contributed by atoms with E-state index in [-0.39, 0.29) is 62.4 Å². The van der Waals surface area contributed by atoms with Crippen LogP contribution in [-0.2, 0) is 29.8 Å². The third-order valence-electron chi connectivity index (χ3n) is 9.62. The van der Waals surface area contributed by atoms with Gasteiger partial charge in [-0.15, -0.1) is 0 Å². The summed E-state index contributed by atoms with van der Waals surface area (Å²) in [4.78, 5) is 26.9. The van der Waals surface area contributed by atoms with Crippen molar-refractivity contribution in [2.75, 3.05) is 38.7 Å². The minimum atomic E-state index is -4.17. The molecule has 2 amide bonds. The molecule has 312 valence electrons. The summed E-state index contributed by atoms with van der Waals surface area (Å²) in [5.41, 5.74) is 0. The first-order valence-electron chi connectivity index (χ1n) is 21.1. The summed E-state index contributed by atoms with van der Waals surface area (Å²) in [6.45, 7) is 5.16. The van der Waals surface area contributed by atoms with Gasteiger partial charge in [0.15, 0.2) is 0 Å². The van der Waals surface area contributed by atoms with Crippen molar-refractivity contribution in [2.24, 2.45) is 0 Å². The zero-order valence-electron chi connectivity index (χ0n) is 34.7. The zero-order valence-corrected chi connectivity index (χ0v) is 38.6. The molecule has 0 bridgehead atoms. The van der Waals surface area contributed by atoms with Gasteiger partial charge in [-0.2, -0.15) is 0 Å². The predicted molar refractivity (Wildman–Crippen MR) is 220 cm³/mol. The van der Waals surface area contributed by atoms with Crippen molar-refractivity contribution < 1.29 is 35.5 Å². The van der Waals surface area contributed by atoms with Gasteiger partial charge in [-0.05, 0) is 25.7 Å². The van der Waals surface area contributed by atoms with E-state index in [1.165, 1.54) is 151 Å². The molecule has 0 saturated heterocycles. The van der Waals surface area contributed by atoms with Crippen LogP contribution in [0.15, 0.2) is 0 Å². The van der Waals surface area contributed by atoms with Crippen molar-refractivity contribution in [1.29, 1.82) is 0 Å². The van der Waals surface area contributed by atoms with E-state index in [9.17, 15) is 35.5 Å². The second-order valence-electron chi connectivity index (χ2n) is 14.8. The van der Waals surface area contributed by atoms with Gasteiger partial charge in [0, 0.05) is 51.5 Å². The molecule has 0 aliphatic rings. The molecule has 0 spiro atoms. The number of hydrogen-bond acceptors (Lipinski definition) is 8. The number of hydrogen-bond donors (Lipinski definition) is 0. The molecule has 10 nitrogen and oxygen atoms in total. The Morgan fingerprint density at radius 3 is 0.811 bits per heavy atom. The Labute approximate surface area is 357 Å². The number of rotatable bonds is 36. The number of amides is 2. The topological polar surface area (TPSA) is 155 Å². The number of carbonyl (C=O) groups is 2. The number of nitrogens with zero attached hydrogens (tertiary/aromatic N) is 2. The van der Waals surface area contributed by atoms with E-state index in [1.54, 1.807) is 14.1 Å². The molecule has 0 aromatic heterocycles. The van der Waals surface area contributed by atoms with Crippen LogP contribution in [0.1, 0.15) is 206 Å². The molecule has 53 heavy (non-hydrogen) atoms. The summed E-state index contributed by atoms with van der Waals surface area (Å²) >= 11 is 0. The Kier molecular flexibility index (Phi) is 43.5. The van der Waals surface area contributed by atoms with E-state index >= 15 is 0 Å². The number of unbranched alkanes of at least 4 members (excludes halogenated alkanes) is 24. The van der Waals surface area contributed by atoms with Crippen LogP contribution in [0.2, 0.25) is 0 Å². The maximum absolute atomic E-state index is 11.9. The maximum atomic E-state index is 11.9. The average Bonchev–Trinajstić information content (AvgIpc) is 3.07. The fraction of sp³-hybridized carbons (Fsp3) is 0.950. The zero-order chi connectivity index (χ0) is 39.4. The van der Waals surface area contributed by atoms with Crippen LogP contribution in [0, 0.1) is 0 Å². The van der Waals surface area contributed by atoms with Gasteiger partial charge in [-0.25, -0.2) is 16.8 Å². The molecule has 13 heteroatoms. The molecule has 0 N–H and O–H groups in total. The largest absolute Gasteiger partial charge is 2.00 e. The first-order valence-corrected chi connectivity index (χ1v) is 24.2. The fourth-order valence-corrected chi connectivity index (χ4v) is 7.14. The van der Waals surface area contributed by atoms with Gasteiger partial charge in [0.25, 0.3) is 0 Å². The Balaban J connectivity index is -0.000000926. The molecular formula is C40H80CaN2O8S2. The molecule has 0 unspecified atom stereocenters. The average molecular weight is 821 g/mol. The molecule has 0 radical (unpaired) electrons. The monoisotopic (exact) mass is 820 g/mol. The van der Waals surface area contributed by atoms with Gasteiger partial charge in [-0.3, -0.25) is 9.59 Å². The molecule has 0 aromatic carbocycles. The SMILES string of the molecule is CCCCCCCCCCCCCCCC(=O)N(C)CCCS(=O)(=O)[O-].CCCCCCCCCCCCCCCC(=O)N(C)CCCS(=O)(=O)[O-].[Ca+2]. The van der Waals surface area contributed by atoms with Crippen LogP contribution in [0.4, 0.5) is 0 Å². The molecule has 0 heterocycles. The second-order valence-corrected chi connectivity index (χ2v) is 17.9. The van der Waals surface area contributed by atoms with Gasteiger partial charge in [0.1, 0.15) is 0 Å². The fourth-order valence-electron chi connectivity index (χ4n) is 6.18. The van der Waals surface area contributed by atoms with E-state index < -0.39 is 31.7 Å². The van der Waals surface area contributed by atoms with Crippen molar-refractivity contribution in [3.63, 3.8) is 0 Å². The summed E-state index contributed by atoms with van der Waals surface area (Å²) in [5, 5.41) is 0. The second kappa shape index (κ2) is 40.2. The Morgan fingerprint density at radius 1 is 0.396 bits per heavy atom.